The molecule has 0 atom stereocenters. The van der Waals surface area contributed by atoms with Crippen LogP contribution < -0.4 is 4.74 Å². The Bertz CT molecular complexity index is 623. The third-order valence-corrected chi connectivity index (χ3v) is 3.20. The largest absolute Gasteiger partial charge is 0.478 e. The van der Waals surface area contributed by atoms with Gasteiger partial charge in [-0.2, -0.15) is 0 Å². The maximum absolute atomic E-state index is 11.3. The van der Waals surface area contributed by atoms with Crippen LogP contribution in [-0.2, 0) is 13.0 Å². The molecule has 20 heavy (non-hydrogen) atoms. The van der Waals surface area contributed by atoms with Crippen LogP contribution >= 0.6 is 0 Å². The molecule has 2 aromatic rings. The molecule has 0 saturated heterocycles. The zero-order valence-electron chi connectivity index (χ0n) is 11.6. The van der Waals surface area contributed by atoms with E-state index in [0.717, 1.165) is 17.5 Å². The minimum Gasteiger partial charge on any atom is -0.478 e. The van der Waals surface area contributed by atoms with Crippen molar-refractivity contribution in [2.75, 3.05) is 0 Å². The summed E-state index contributed by atoms with van der Waals surface area (Å²) in [5.41, 5.74) is 2.92. The van der Waals surface area contributed by atoms with Crippen molar-refractivity contribution in [3.63, 3.8) is 0 Å². The molecule has 0 amide bonds. The fraction of sp³-hybridized carbons (Fsp3) is 0.250. The number of carbonyl (C=O) groups is 1. The Hall–Kier alpha value is -2.36. The third kappa shape index (κ3) is 2.96. The van der Waals surface area contributed by atoms with E-state index in [4.69, 9.17) is 4.74 Å². The lowest BCUT2D eigenvalue weighted by Gasteiger charge is -2.13. The van der Waals surface area contributed by atoms with Gasteiger partial charge in [0.2, 0.25) is 5.88 Å². The second kappa shape index (κ2) is 6.19. The van der Waals surface area contributed by atoms with Crippen LogP contribution in [0.4, 0.5) is 0 Å². The van der Waals surface area contributed by atoms with Crippen molar-refractivity contribution < 1.29 is 14.6 Å². The van der Waals surface area contributed by atoms with Gasteiger partial charge < -0.3 is 9.84 Å². The van der Waals surface area contributed by atoms with Crippen LogP contribution in [-0.4, -0.2) is 16.1 Å². The summed E-state index contributed by atoms with van der Waals surface area (Å²) in [6, 6.07) is 9.04. The Morgan fingerprint density at radius 1 is 1.30 bits per heavy atom. The van der Waals surface area contributed by atoms with Gasteiger partial charge in [-0.15, -0.1) is 0 Å². The van der Waals surface area contributed by atoms with Crippen molar-refractivity contribution in [3.05, 3.63) is 58.8 Å². The van der Waals surface area contributed by atoms with E-state index in [9.17, 15) is 9.90 Å². The van der Waals surface area contributed by atoms with E-state index in [1.165, 1.54) is 0 Å². The molecule has 0 bridgehead atoms. The zero-order valence-corrected chi connectivity index (χ0v) is 11.6. The average Bonchev–Trinajstić information content (AvgIpc) is 2.46. The molecular formula is C16H17NO3. The molecule has 0 radical (unpaired) electrons. The highest BCUT2D eigenvalue weighted by atomic mass is 16.5. The van der Waals surface area contributed by atoms with E-state index in [1.54, 1.807) is 18.3 Å². The van der Waals surface area contributed by atoms with Gasteiger partial charge in [-0.05, 0) is 31.0 Å². The third-order valence-electron chi connectivity index (χ3n) is 3.20. The van der Waals surface area contributed by atoms with E-state index in [0.29, 0.717) is 11.4 Å². The molecule has 0 unspecified atom stereocenters. The molecular weight excluding hydrogens is 254 g/mol. The fourth-order valence-electron chi connectivity index (χ4n) is 2.10. The number of carboxylic acid groups (broad SMARTS) is 1. The Balaban J connectivity index is 2.29. The summed E-state index contributed by atoms with van der Waals surface area (Å²) in [6.07, 6.45) is 2.42. The average molecular weight is 271 g/mol. The predicted molar refractivity (Wildman–Crippen MR) is 76.1 cm³/mol. The van der Waals surface area contributed by atoms with Crippen LogP contribution in [0.5, 0.6) is 5.88 Å². The van der Waals surface area contributed by atoms with Gasteiger partial charge in [-0.1, -0.05) is 25.1 Å². The van der Waals surface area contributed by atoms with Crippen molar-refractivity contribution in [2.45, 2.75) is 26.9 Å². The number of pyridine rings is 1. The SMILES string of the molecule is CCc1cccc(C(=O)O)c1COc1ncccc1C. The predicted octanol–water partition coefficient (Wildman–Crippen LogP) is 3.23. The molecule has 1 heterocycles. The number of rotatable bonds is 5. The molecule has 1 N–H and O–H groups in total. The molecule has 0 fully saturated rings. The Labute approximate surface area is 118 Å². The zero-order chi connectivity index (χ0) is 14.5. The summed E-state index contributed by atoms with van der Waals surface area (Å²) in [7, 11) is 0. The minimum absolute atomic E-state index is 0.212. The van der Waals surface area contributed by atoms with Gasteiger partial charge in [0, 0.05) is 17.3 Å². The number of ether oxygens (including phenoxy) is 1. The maximum atomic E-state index is 11.3. The molecule has 0 saturated carbocycles. The van der Waals surface area contributed by atoms with Crippen molar-refractivity contribution in [2.24, 2.45) is 0 Å². The molecule has 1 aromatic carbocycles. The molecule has 0 spiro atoms. The van der Waals surface area contributed by atoms with Gasteiger partial charge in [0.25, 0.3) is 0 Å². The van der Waals surface area contributed by atoms with E-state index < -0.39 is 5.97 Å². The molecule has 0 aliphatic rings. The van der Waals surface area contributed by atoms with E-state index in [1.807, 2.05) is 32.0 Å². The molecule has 2 rings (SSSR count). The molecule has 0 aliphatic heterocycles. The van der Waals surface area contributed by atoms with E-state index in [-0.39, 0.29) is 12.2 Å². The van der Waals surface area contributed by atoms with Crippen molar-refractivity contribution in [3.8, 4) is 5.88 Å². The van der Waals surface area contributed by atoms with E-state index in [2.05, 4.69) is 4.98 Å². The number of aromatic nitrogens is 1. The van der Waals surface area contributed by atoms with Gasteiger partial charge in [-0.3, -0.25) is 0 Å². The first-order valence-electron chi connectivity index (χ1n) is 6.52. The summed E-state index contributed by atoms with van der Waals surface area (Å²) in [6.45, 7) is 4.12. The Morgan fingerprint density at radius 2 is 2.10 bits per heavy atom. The number of aryl methyl sites for hydroxylation is 2. The van der Waals surface area contributed by atoms with Crippen LogP contribution in [0.25, 0.3) is 0 Å². The van der Waals surface area contributed by atoms with Gasteiger partial charge >= 0.3 is 5.97 Å². The fourth-order valence-corrected chi connectivity index (χ4v) is 2.10. The second-order valence-corrected chi connectivity index (χ2v) is 4.52. The summed E-state index contributed by atoms with van der Waals surface area (Å²) < 4.78 is 5.68. The standard InChI is InChI=1S/C16H17NO3/c1-3-12-7-4-8-13(16(18)19)14(12)10-20-15-11(2)6-5-9-17-15/h4-9H,3,10H2,1-2H3,(H,18,19). The van der Waals surface area contributed by atoms with Gasteiger partial charge in [0.15, 0.2) is 0 Å². The van der Waals surface area contributed by atoms with Crippen molar-refractivity contribution in [1.82, 2.24) is 4.98 Å². The van der Waals surface area contributed by atoms with Gasteiger partial charge in [0.05, 0.1) is 5.56 Å². The van der Waals surface area contributed by atoms with Gasteiger partial charge in [-0.25, -0.2) is 9.78 Å². The number of benzene rings is 1. The Morgan fingerprint density at radius 3 is 2.75 bits per heavy atom. The summed E-state index contributed by atoms with van der Waals surface area (Å²) >= 11 is 0. The molecule has 104 valence electrons. The second-order valence-electron chi connectivity index (χ2n) is 4.52. The molecule has 1 aromatic heterocycles. The lowest BCUT2D eigenvalue weighted by atomic mass is 10.00. The highest BCUT2D eigenvalue weighted by molar-refractivity contribution is 5.89. The number of carboxylic acids is 1. The highest BCUT2D eigenvalue weighted by Gasteiger charge is 2.14. The van der Waals surface area contributed by atoms with Crippen LogP contribution in [0, 0.1) is 6.92 Å². The number of hydrogen-bond acceptors (Lipinski definition) is 3. The summed E-state index contributed by atoms with van der Waals surface area (Å²) in [5, 5.41) is 9.27. The Kier molecular flexibility index (Phi) is 4.35. The highest BCUT2D eigenvalue weighted by Crippen LogP contribution is 2.20. The van der Waals surface area contributed by atoms with E-state index >= 15 is 0 Å². The first kappa shape index (κ1) is 14.1. The topological polar surface area (TPSA) is 59.4 Å². The number of aromatic carboxylic acids is 1. The van der Waals surface area contributed by atoms with Crippen LogP contribution in [0.3, 0.4) is 0 Å². The first-order valence-corrected chi connectivity index (χ1v) is 6.52. The molecule has 4 nitrogen and oxygen atoms in total. The number of nitrogens with zero attached hydrogens (tertiary/aromatic N) is 1. The molecule has 0 aliphatic carbocycles. The normalized spacial score (nSPS) is 10.3. The lowest BCUT2D eigenvalue weighted by molar-refractivity contribution is 0.0693. The smallest absolute Gasteiger partial charge is 0.336 e. The monoisotopic (exact) mass is 271 g/mol. The van der Waals surface area contributed by atoms with Crippen LogP contribution in [0.15, 0.2) is 36.5 Å². The first-order chi connectivity index (χ1) is 9.63. The maximum Gasteiger partial charge on any atom is 0.336 e. The summed E-state index contributed by atoms with van der Waals surface area (Å²) in [4.78, 5) is 15.5. The van der Waals surface area contributed by atoms with Crippen molar-refractivity contribution >= 4 is 5.97 Å². The van der Waals surface area contributed by atoms with Gasteiger partial charge in [0.1, 0.15) is 6.61 Å². The molecule has 4 heteroatoms. The quantitative estimate of drug-likeness (QED) is 0.907. The van der Waals surface area contributed by atoms with Crippen LogP contribution in [0.1, 0.15) is 34.0 Å². The minimum atomic E-state index is -0.934. The van der Waals surface area contributed by atoms with Crippen LogP contribution in [0.2, 0.25) is 0 Å². The number of hydrogen-bond donors (Lipinski definition) is 1. The summed E-state index contributed by atoms with van der Waals surface area (Å²) in [5.74, 6) is -0.397. The lowest BCUT2D eigenvalue weighted by Crippen LogP contribution is -2.09. The van der Waals surface area contributed by atoms with Crippen molar-refractivity contribution in [1.29, 1.82) is 0 Å².